The van der Waals surface area contributed by atoms with E-state index in [1.807, 2.05) is 18.0 Å². The lowest BCUT2D eigenvalue weighted by Crippen LogP contribution is -2.34. The summed E-state index contributed by atoms with van der Waals surface area (Å²) in [5.41, 5.74) is 0. The van der Waals surface area contributed by atoms with Crippen LogP contribution in [0.1, 0.15) is 26.1 Å². The molecular weight excluding hydrogens is 278 g/mol. The Labute approximate surface area is 132 Å². The Morgan fingerprint density at radius 3 is 2.76 bits per heavy atom. The summed E-state index contributed by atoms with van der Waals surface area (Å²) in [6, 6.07) is 11.1. The predicted octanol–water partition coefficient (Wildman–Crippen LogP) is 3.61. The molecule has 3 nitrogen and oxygen atoms in total. The monoisotopic (exact) mass is 303 g/mol. The number of hydrogen-bond donors (Lipinski definition) is 1. The lowest BCUT2D eigenvalue weighted by atomic mass is 10.2. The van der Waals surface area contributed by atoms with Gasteiger partial charge in [0, 0.05) is 42.0 Å². The molecule has 1 aromatic heterocycles. The van der Waals surface area contributed by atoms with E-state index in [0.717, 1.165) is 31.7 Å². The molecule has 1 aromatic carbocycles. The third-order valence-corrected chi connectivity index (χ3v) is 4.62. The number of aryl methyl sites for hydroxylation is 1. The van der Waals surface area contributed by atoms with Gasteiger partial charge in [-0.3, -0.25) is 0 Å². The summed E-state index contributed by atoms with van der Waals surface area (Å²) in [4.78, 5) is 5.84. The van der Waals surface area contributed by atoms with E-state index < -0.39 is 0 Å². The van der Waals surface area contributed by atoms with Gasteiger partial charge in [0.25, 0.3) is 0 Å². The maximum absolute atomic E-state index is 4.50. The quantitative estimate of drug-likeness (QED) is 0.718. The minimum absolute atomic E-state index is 0.461. The van der Waals surface area contributed by atoms with E-state index in [2.05, 4.69) is 65.2 Å². The topological polar surface area (TPSA) is 29.9 Å². The number of nitrogens with one attached hydrogen (secondary N) is 1. The zero-order valence-electron chi connectivity index (χ0n) is 13.0. The summed E-state index contributed by atoms with van der Waals surface area (Å²) >= 11 is 1.91. The number of aromatic nitrogens is 2. The number of hydrogen-bond acceptors (Lipinski definition) is 3. The van der Waals surface area contributed by atoms with Gasteiger partial charge in [-0.2, -0.15) is 0 Å². The van der Waals surface area contributed by atoms with Gasteiger partial charge in [-0.1, -0.05) is 25.1 Å². The molecule has 114 valence electrons. The molecule has 21 heavy (non-hydrogen) atoms. The number of imidazole rings is 1. The van der Waals surface area contributed by atoms with Crippen molar-refractivity contribution in [2.24, 2.45) is 0 Å². The second-order valence-corrected chi connectivity index (χ2v) is 6.20. The average molecular weight is 303 g/mol. The van der Waals surface area contributed by atoms with Crippen molar-refractivity contribution in [2.75, 3.05) is 12.3 Å². The smallest absolute Gasteiger partial charge is 0.110 e. The van der Waals surface area contributed by atoms with Crippen LogP contribution in [0.3, 0.4) is 0 Å². The summed E-state index contributed by atoms with van der Waals surface area (Å²) in [7, 11) is 0. The molecule has 1 unspecified atom stereocenters. The predicted molar refractivity (Wildman–Crippen MR) is 90.9 cm³/mol. The molecule has 2 aromatic rings. The summed E-state index contributed by atoms with van der Waals surface area (Å²) in [5, 5.41) is 3.66. The minimum atomic E-state index is 0.461. The summed E-state index contributed by atoms with van der Waals surface area (Å²) in [5.74, 6) is 2.25. The first kappa shape index (κ1) is 16.1. The van der Waals surface area contributed by atoms with Gasteiger partial charge in [0.2, 0.25) is 0 Å². The molecule has 0 bridgehead atoms. The van der Waals surface area contributed by atoms with E-state index in [1.54, 1.807) is 0 Å². The maximum Gasteiger partial charge on any atom is 0.110 e. The standard InChI is InChI=1S/C17H25N3S/c1-3-10-18-15(13-17-19-11-12-20(17)4-2)14-21-16-8-6-5-7-9-16/h5-9,11-12,15,18H,3-4,10,13-14H2,1-2H3. The van der Waals surface area contributed by atoms with Gasteiger partial charge in [-0.25, -0.2) is 4.98 Å². The molecule has 1 N–H and O–H groups in total. The molecule has 4 heteroatoms. The number of benzene rings is 1. The lowest BCUT2D eigenvalue weighted by Gasteiger charge is -2.18. The van der Waals surface area contributed by atoms with Gasteiger partial charge in [0.15, 0.2) is 0 Å². The molecule has 0 aliphatic carbocycles. The molecule has 0 spiro atoms. The molecule has 0 aliphatic rings. The van der Waals surface area contributed by atoms with E-state index in [-0.39, 0.29) is 0 Å². The minimum Gasteiger partial charge on any atom is -0.335 e. The van der Waals surface area contributed by atoms with Crippen molar-refractivity contribution in [1.29, 1.82) is 0 Å². The molecule has 0 radical (unpaired) electrons. The SMILES string of the molecule is CCCNC(CSc1ccccc1)Cc1nccn1CC. The Morgan fingerprint density at radius 2 is 2.05 bits per heavy atom. The fourth-order valence-electron chi connectivity index (χ4n) is 2.29. The Balaban J connectivity index is 1.94. The van der Waals surface area contributed by atoms with Crippen molar-refractivity contribution in [3.63, 3.8) is 0 Å². The van der Waals surface area contributed by atoms with Crippen LogP contribution in [0.15, 0.2) is 47.6 Å². The van der Waals surface area contributed by atoms with Crippen molar-refractivity contribution in [3.05, 3.63) is 48.5 Å². The summed E-state index contributed by atoms with van der Waals surface area (Å²) in [6.45, 7) is 6.42. The van der Waals surface area contributed by atoms with Crippen LogP contribution in [0.2, 0.25) is 0 Å². The lowest BCUT2D eigenvalue weighted by molar-refractivity contribution is 0.526. The van der Waals surface area contributed by atoms with Gasteiger partial charge < -0.3 is 9.88 Å². The van der Waals surface area contributed by atoms with Gasteiger partial charge in [-0.05, 0) is 32.0 Å². The Hall–Kier alpha value is -1.26. The largest absolute Gasteiger partial charge is 0.335 e. The normalized spacial score (nSPS) is 12.5. The van der Waals surface area contributed by atoms with Crippen LogP contribution in [0, 0.1) is 0 Å². The highest BCUT2D eigenvalue weighted by Crippen LogP contribution is 2.19. The maximum atomic E-state index is 4.50. The van der Waals surface area contributed by atoms with Crippen molar-refractivity contribution in [2.45, 2.75) is 44.2 Å². The fraction of sp³-hybridized carbons (Fsp3) is 0.471. The van der Waals surface area contributed by atoms with E-state index in [1.165, 1.54) is 10.7 Å². The molecule has 0 amide bonds. The van der Waals surface area contributed by atoms with Crippen molar-refractivity contribution in [1.82, 2.24) is 14.9 Å². The summed E-state index contributed by atoms with van der Waals surface area (Å²) < 4.78 is 2.23. The fourth-order valence-corrected chi connectivity index (χ4v) is 3.27. The van der Waals surface area contributed by atoms with Crippen molar-refractivity contribution < 1.29 is 0 Å². The first-order valence-electron chi connectivity index (χ1n) is 7.74. The van der Waals surface area contributed by atoms with Gasteiger partial charge in [-0.15, -0.1) is 11.8 Å². The first-order chi connectivity index (χ1) is 10.3. The van der Waals surface area contributed by atoms with Crippen LogP contribution in [-0.2, 0) is 13.0 Å². The Bertz CT molecular complexity index is 510. The van der Waals surface area contributed by atoms with Crippen molar-refractivity contribution in [3.8, 4) is 0 Å². The van der Waals surface area contributed by atoms with Crippen LogP contribution in [-0.4, -0.2) is 27.9 Å². The van der Waals surface area contributed by atoms with E-state index in [4.69, 9.17) is 0 Å². The Morgan fingerprint density at radius 1 is 1.24 bits per heavy atom. The zero-order valence-corrected chi connectivity index (χ0v) is 13.8. The highest BCUT2D eigenvalue weighted by Gasteiger charge is 2.12. The number of rotatable bonds is 9. The van der Waals surface area contributed by atoms with Crippen molar-refractivity contribution >= 4 is 11.8 Å². The van der Waals surface area contributed by atoms with E-state index in [0.29, 0.717) is 6.04 Å². The Kier molecular flexibility index (Phi) is 6.83. The molecule has 1 heterocycles. The second-order valence-electron chi connectivity index (χ2n) is 5.11. The van der Waals surface area contributed by atoms with Crippen LogP contribution in [0.25, 0.3) is 0 Å². The molecular formula is C17H25N3S. The average Bonchev–Trinajstić information content (AvgIpc) is 2.98. The highest BCUT2D eigenvalue weighted by atomic mass is 32.2. The second kappa shape index (κ2) is 8.90. The molecule has 2 rings (SSSR count). The zero-order chi connectivity index (χ0) is 14.9. The molecule has 1 atom stereocenters. The summed E-state index contributed by atoms with van der Waals surface area (Å²) in [6.07, 6.45) is 6.12. The van der Waals surface area contributed by atoms with Crippen LogP contribution in [0.5, 0.6) is 0 Å². The van der Waals surface area contributed by atoms with Crippen LogP contribution < -0.4 is 5.32 Å². The highest BCUT2D eigenvalue weighted by molar-refractivity contribution is 7.99. The van der Waals surface area contributed by atoms with Gasteiger partial charge in [0.1, 0.15) is 5.82 Å². The molecule has 0 aliphatic heterocycles. The third-order valence-electron chi connectivity index (χ3n) is 3.45. The number of thioether (sulfide) groups is 1. The molecule has 0 fully saturated rings. The van der Waals surface area contributed by atoms with Crippen LogP contribution in [0.4, 0.5) is 0 Å². The molecule has 0 saturated carbocycles. The van der Waals surface area contributed by atoms with Gasteiger partial charge in [0.05, 0.1) is 0 Å². The van der Waals surface area contributed by atoms with Gasteiger partial charge >= 0.3 is 0 Å². The van der Waals surface area contributed by atoms with Crippen LogP contribution >= 0.6 is 11.8 Å². The molecule has 0 saturated heterocycles. The third kappa shape index (κ3) is 5.21. The van der Waals surface area contributed by atoms with E-state index in [9.17, 15) is 0 Å². The van der Waals surface area contributed by atoms with E-state index >= 15 is 0 Å². The first-order valence-corrected chi connectivity index (χ1v) is 8.73. The number of nitrogens with zero attached hydrogens (tertiary/aromatic N) is 2.